The van der Waals surface area contributed by atoms with E-state index in [9.17, 15) is 0 Å². The summed E-state index contributed by atoms with van der Waals surface area (Å²) in [6, 6.07) is 20.5. The SMILES string of the molecule is Ic1ccc(-n2cc(-c3cc(N4CCCC4)cc(-c4cn(-c5ccc(I)cc5)nn4)n3)nn2)cc1. The molecule has 0 amide bonds. The number of rotatable bonds is 5. The van der Waals surface area contributed by atoms with Gasteiger partial charge in [-0.3, -0.25) is 0 Å². The Morgan fingerprint density at radius 3 is 1.49 bits per heavy atom. The first-order chi connectivity index (χ1) is 17.1. The summed E-state index contributed by atoms with van der Waals surface area (Å²) in [7, 11) is 0. The van der Waals surface area contributed by atoms with Gasteiger partial charge in [0.25, 0.3) is 0 Å². The first kappa shape index (κ1) is 22.6. The predicted octanol–water partition coefficient (Wildman–Crippen LogP) is 5.39. The first-order valence-corrected chi connectivity index (χ1v) is 13.4. The van der Waals surface area contributed by atoms with Gasteiger partial charge >= 0.3 is 0 Å². The topological polar surface area (TPSA) is 77.5 Å². The van der Waals surface area contributed by atoms with Gasteiger partial charge in [-0.05, 0) is 119 Å². The number of hydrogen-bond acceptors (Lipinski definition) is 6. The zero-order chi connectivity index (χ0) is 23.8. The summed E-state index contributed by atoms with van der Waals surface area (Å²) in [5.74, 6) is 0. The first-order valence-electron chi connectivity index (χ1n) is 11.3. The van der Waals surface area contributed by atoms with Crippen LogP contribution in [0.25, 0.3) is 34.2 Å². The molecule has 0 N–H and O–H groups in total. The van der Waals surface area contributed by atoms with Crippen molar-refractivity contribution in [2.45, 2.75) is 12.8 Å². The number of halogens is 2. The predicted molar refractivity (Wildman–Crippen MR) is 152 cm³/mol. The van der Waals surface area contributed by atoms with Crippen molar-refractivity contribution in [2.75, 3.05) is 18.0 Å². The molecule has 0 aliphatic carbocycles. The average Bonchev–Trinajstić information content (AvgIpc) is 3.67. The van der Waals surface area contributed by atoms with Crippen LogP contribution in [0.1, 0.15) is 12.8 Å². The molecule has 174 valence electrons. The molecule has 4 heterocycles. The Kier molecular flexibility index (Phi) is 6.22. The molecule has 0 bridgehead atoms. The molecule has 6 rings (SSSR count). The Labute approximate surface area is 229 Å². The standard InChI is InChI=1S/C25H20I2N8/c26-17-3-7-19(8-4-17)34-15-24(29-31-34)22-13-21(33-11-1-2-12-33)14-23(28-22)25-16-35(32-30-25)20-9-5-18(27)6-10-20/h3-10,13-16H,1-2,11-12H2. The molecule has 0 atom stereocenters. The number of nitrogens with zero attached hydrogens (tertiary/aromatic N) is 8. The summed E-state index contributed by atoms with van der Waals surface area (Å²) >= 11 is 4.59. The highest BCUT2D eigenvalue weighted by Gasteiger charge is 2.18. The second kappa shape index (κ2) is 9.64. The van der Waals surface area contributed by atoms with E-state index in [2.05, 4.69) is 107 Å². The van der Waals surface area contributed by atoms with Crippen molar-refractivity contribution in [2.24, 2.45) is 0 Å². The summed E-state index contributed by atoms with van der Waals surface area (Å²) in [5, 5.41) is 17.6. The van der Waals surface area contributed by atoms with Gasteiger partial charge in [0, 0.05) is 25.9 Å². The number of benzene rings is 2. The van der Waals surface area contributed by atoms with Crippen molar-refractivity contribution in [3.63, 3.8) is 0 Å². The fraction of sp³-hybridized carbons (Fsp3) is 0.160. The van der Waals surface area contributed by atoms with Crippen LogP contribution in [0.15, 0.2) is 73.1 Å². The lowest BCUT2D eigenvalue weighted by atomic mass is 10.2. The molecule has 3 aromatic heterocycles. The molecular weight excluding hydrogens is 666 g/mol. The third-order valence-corrected chi connectivity index (χ3v) is 7.41. The quantitative estimate of drug-likeness (QED) is 0.231. The number of hydrogen-bond donors (Lipinski definition) is 0. The van der Waals surface area contributed by atoms with Gasteiger partial charge in [-0.1, -0.05) is 10.4 Å². The van der Waals surface area contributed by atoms with E-state index in [4.69, 9.17) is 4.98 Å². The van der Waals surface area contributed by atoms with Crippen molar-refractivity contribution in [1.82, 2.24) is 35.0 Å². The highest BCUT2D eigenvalue weighted by molar-refractivity contribution is 14.1. The van der Waals surface area contributed by atoms with Gasteiger partial charge in [-0.15, -0.1) is 10.2 Å². The molecule has 0 spiro atoms. The normalized spacial score (nSPS) is 13.5. The zero-order valence-electron chi connectivity index (χ0n) is 18.6. The largest absolute Gasteiger partial charge is 0.371 e. The van der Waals surface area contributed by atoms with Crippen molar-refractivity contribution < 1.29 is 0 Å². The third kappa shape index (κ3) is 4.81. The van der Waals surface area contributed by atoms with Gasteiger partial charge in [0.15, 0.2) is 0 Å². The molecule has 5 aromatic rings. The maximum atomic E-state index is 4.93. The molecular formula is C25H20I2N8. The van der Waals surface area contributed by atoms with E-state index < -0.39 is 0 Å². The van der Waals surface area contributed by atoms with Gasteiger partial charge in [0.1, 0.15) is 11.4 Å². The van der Waals surface area contributed by atoms with Crippen LogP contribution in [0, 0.1) is 7.14 Å². The van der Waals surface area contributed by atoms with E-state index in [0.717, 1.165) is 52.9 Å². The second-order valence-electron chi connectivity index (χ2n) is 8.34. The van der Waals surface area contributed by atoms with E-state index in [1.54, 1.807) is 9.36 Å². The van der Waals surface area contributed by atoms with E-state index in [-0.39, 0.29) is 0 Å². The van der Waals surface area contributed by atoms with Crippen LogP contribution in [-0.2, 0) is 0 Å². The maximum absolute atomic E-state index is 4.93. The molecule has 1 saturated heterocycles. The van der Waals surface area contributed by atoms with Gasteiger partial charge in [0.2, 0.25) is 0 Å². The van der Waals surface area contributed by atoms with E-state index in [1.165, 1.54) is 20.0 Å². The van der Waals surface area contributed by atoms with Crippen LogP contribution >= 0.6 is 45.2 Å². The van der Waals surface area contributed by atoms with Gasteiger partial charge in [0.05, 0.1) is 35.2 Å². The highest BCUT2D eigenvalue weighted by atomic mass is 127. The van der Waals surface area contributed by atoms with E-state index >= 15 is 0 Å². The molecule has 10 heteroatoms. The van der Waals surface area contributed by atoms with Crippen LogP contribution in [0.3, 0.4) is 0 Å². The molecule has 2 aromatic carbocycles. The minimum Gasteiger partial charge on any atom is -0.371 e. The summed E-state index contributed by atoms with van der Waals surface area (Å²) in [6.45, 7) is 2.07. The van der Waals surface area contributed by atoms with Gasteiger partial charge in [-0.2, -0.15) is 0 Å². The summed E-state index contributed by atoms with van der Waals surface area (Å²) < 4.78 is 5.91. The number of aromatic nitrogens is 7. The lowest BCUT2D eigenvalue weighted by molar-refractivity contribution is 0.803. The molecule has 0 radical (unpaired) electrons. The molecule has 1 aliphatic rings. The fourth-order valence-corrected chi connectivity index (χ4v) is 4.86. The molecule has 1 fully saturated rings. The van der Waals surface area contributed by atoms with Crippen LogP contribution in [0.5, 0.6) is 0 Å². The maximum Gasteiger partial charge on any atom is 0.131 e. The highest BCUT2D eigenvalue weighted by Crippen LogP contribution is 2.30. The zero-order valence-corrected chi connectivity index (χ0v) is 22.9. The van der Waals surface area contributed by atoms with Gasteiger partial charge < -0.3 is 4.90 Å². The Balaban J connectivity index is 1.39. The summed E-state index contributed by atoms with van der Waals surface area (Å²) in [6.07, 6.45) is 6.23. The van der Waals surface area contributed by atoms with E-state index in [1.807, 2.05) is 36.7 Å². The molecule has 0 saturated carbocycles. The molecule has 0 unspecified atom stereocenters. The third-order valence-electron chi connectivity index (χ3n) is 5.98. The van der Waals surface area contributed by atoms with E-state index in [0.29, 0.717) is 0 Å². The van der Waals surface area contributed by atoms with Crippen molar-refractivity contribution >= 4 is 50.9 Å². The Morgan fingerprint density at radius 1 is 0.571 bits per heavy atom. The summed E-state index contributed by atoms with van der Waals surface area (Å²) in [4.78, 5) is 7.32. The van der Waals surface area contributed by atoms with Crippen molar-refractivity contribution in [3.8, 4) is 34.2 Å². The Morgan fingerprint density at radius 2 is 1.03 bits per heavy atom. The number of anilines is 1. The number of pyridine rings is 1. The molecule has 1 aliphatic heterocycles. The van der Waals surface area contributed by atoms with Crippen LogP contribution in [0.2, 0.25) is 0 Å². The van der Waals surface area contributed by atoms with Crippen LogP contribution in [-0.4, -0.2) is 48.1 Å². The smallest absolute Gasteiger partial charge is 0.131 e. The Bertz CT molecular complexity index is 1370. The molecule has 35 heavy (non-hydrogen) atoms. The van der Waals surface area contributed by atoms with Crippen molar-refractivity contribution in [3.05, 3.63) is 80.2 Å². The second-order valence-corrected chi connectivity index (χ2v) is 10.8. The minimum absolute atomic E-state index is 0.718. The van der Waals surface area contributed by atoms with Crippen LogP contribution in [0.4, 0.5) is 5.69 Å². The minimum atomic E-state index is 0.718. The lowest BCUT2D eigenvalue weighted by Crippen LogP contribution is -2.17. The van der Waals surface area contributed by atoms with Crippen molar-refractivity contribution in [1.29, 1.82) is 0 Å². The van der Waals surface area contributed by atoms with Crippen LogP contribution < -0.4 is 4.90 Å². The Hall–Kier alpha value is -2.87. The fourth-order valence-electron chi connectivity index (χ4n) is 4.14. The lowest BCUT2D eigenvalue weighted by Gasteiger charge is -2.18. The van der Waals surface area contributed by atoms with Gasteiger partial charge in [-0.25, -0.2) is 14.3 Å². The monoisotopic (exact) mass is 686 g/mol. The molecule has 8 nitrogen and oxygen atoms in total. The average molecular weight is 686 g/mol. The summed E-state index contributed by atoms with van der Waals surface area (Å²) in [5.41, 5.74) is 6.01.